The maximum Gasteiger partial charge on any atom is 0.122 e. The van der Waals surface area contributed by atoms with E-state index >= 15 is 0 Å². The summed E-state index contributed by atoms with van der Waals surface area (Å²) in [6.45, 7) is 2.06. The lowest BCUT2D eigenvalue weighted by Crippen LogP contribution is -2.05. The van der Waals surface area contributed by atoms with Crippen molar-refractivity contribution in [2.75, 3.05) is 0 Å². The highest BCUT2D eigenvalue weighted by molar-refractivity contribution is 5.49. The van der Waals surface area contributed by atoms with Gasteiger partial charge < -0.3 is 9.90 Å². The van der Waals surface area contributed by atoms with E-state index in [4.69, 9.17) is 5.11 Å². The molecular weight excluding hydrogens is 116 g/mol. The average Bonchev–Trinajstić information content (AvgIpc) is 1.85. The molecule has 0 radical (unpaired) electrons. The summed E-state index contributed by atoms with van der Waals surface area (Å²) in [4.78, 5) is 9.82. The summed E-state index contributed by atoms with van der Waals surface area (Å²) < 4.78 is 0. The fraction of sp³-hybridized carbons (Fsp3) is 0.857. The van der Waals surface area contributed by atoms with Crippen molar-refractivity contribution >= 4 is 6.29 Å². The second kappa shape index (κ2) is 5.76. The highest BCUT2D eigenvalue weighted by atomic mass is 16.3. The molecule has 0 bridgehead atoms. The predicted molar refractivity (Wildman–Crippen MR) is 36.2 cm³/mol. The zero-order valence-electron chi connectivity index (χ0n) is 5.84. The van der Waals surface area contributed by atoms with Crippen LogP contribution in [0, 0.1) is 0 Å². The van der Waals surface area contributed by atoms with E-state index in [-0.39, 0.29) is 0 Å². The molecule has 0 aliphatic heterocycles. The Morgan fingerprint density at radius 1 is 1.67 bits per heavy atom. The number of hydrogen-bond acceptors (Lipinski definition) is 2. The van der Waals surface area contributed by atoms with Gasteiger partial charge in [0.2, 0.25) is 0 Å². The number of aliphatic hydroxyl groups is 1. The first-order valence-electron chi connectivity index (χ1n) is 3.43. The van der Waals surface area contributed by atoms with Crippen molar-refractivity contribution in [1.82, 2.24) is 0 Å². The minimum absolute atomic E-state index is 0.292. The number of aliphatic hydroxyl groups excluding tert-OH is 1. The van der Waals surface area contributed by atoms with Gasteiger partial charge in [-0.05, 0) is 6.42 Å². The van der Waals surface area contributed by atoms with Crippen LogP contribution in [-0.4, -0.2) is 17.5 Å². The van der Waals surface area contributed by atoms with Gasteiger partial charge in [-0.2, -0.15) is 0 Å². The summed E-state index contributed by atoms with van der Waals surface area (Å²) in [5.41, 5.74) is 0. The molecule has 54 valence electrons. The van der Waals surface area contributed by atoms with Gasteiger partial charge in [-0.1, -0.05) is 19.8 Å². The smallest absolute Gasteiger partial charge is 0.122 e. The van der Waals surface area contributed by atoms with Gasteiger partial charge in [0.1, 0.15) is 6.29 Å². The van der Waals surface area contributed by atoms with Crippen LogP contribution < -0.4 is 0 Å². The van der Waals surface area contributed by atoms with Crippen molar-refractivity contribution in [3.63, 3.8) is 0 Å². The molecule has 1 atom stereocenters. The lowest BCUT2D eigenvalue weighted by Gasteiger charge is -2.03. The molecule has 0 aliphatic rings. The Kier molecular flexibility index (Phi) is 5.52. The summed E-state index contributed by atoms with van der Waals surface area (Å²) in [5, 5.41) is 8.95. The van der Waals surface area contributed by atoms with Gasteiger partial charge in [0.15, 0.2) is 0 Å². The second-order valence-electron chi connectivity index (χ2n) is 2.20. The average molecular weight is 130 g/mol. The second-order valence-corrected chi connectivity index (χ2v) is 2.20. The summed E-state index contributed by atoms with van der Waals surface area (Å²) in [7, 11) is 0. The highest BCUT2D eigenvalue weighted by Gasteiger charge is 1.99. The van der Waals surface area contributed by atoms with Crippen LogP contribution in [0.5, 0.6) is 0 Å². The van der Waals surface area contributed by atoms with Crippen LogP contribution >= 0.6 is 0 Å². The van der Waals surface area contributed by atoms with E-state index in [2.05, 4.69) is 6.92 Å². The number of unbranched alkanes of at least 4 members (excludes halogenated alkanes) is 1. The van der Waals surface area contributed by atoms with Crippen molar-refractivity contribution in [2.45, 2.75) is 38.7 Å². The lowest BCUT2D eigenvalue weighted by molar-refractivity contribution is -0.109. The molecule has 0 spiro atoms. The molecular formula is C7H14O2. The zero-order valence-corrected chi connectivity index (χ0v) is 5.84. The Morgan fingerprint density at radius 3 is 2.78 bits per heavy atom. The molecule has 2 heteroatoms. The first-order chi connectivity index (χ1) is 4.31. The Morgan fingerprint density at radius 2 is 2.33 bits per heavy atom. The van der Waals surface area contributed by atoms with Crippen LogP contribution in [0.4, 0.5) is 0 Å². The maximum atomic E-state index is 9.82. The summed E-state index contributed by atoms with van der Waals surface area (Å²) in [6.07, 6.45) is 3.50. The standard InChI is InChI=1S/C7H14O2/c1-2-3-4-7(9)5-6-8/h6-7,9H,2-5H2,1H3/t7-/m0/s1. The molecule has 0 rings (SSSR count). The lowest BCUT2D eigenvalue weighted by atomic mass is 10.1. The number of rotatable bonds is 5. The Balaban J connectivity index is 3.04. The van der Waals surface area contributed by atoms with Crippen LogP contribution in [0.15, 0.2) is 0 Å². The number of carbonyl (C=O) groups is 1. The molecule has 9 heavy (non-hydrogen) atoms. The van der Waals surface area contributed by atoms with Gasteiger partial charge in [-0.25, -0.2) is 0 Å². The topological polar surface area (TPSA) is 37.3 Å². The third-order valence-corrected chi connectivity index (χ3v) is 1.26. The van der Waals surface area contributed by atoms with Crippen molar-refractivity contribution in [3.8, 4) is 0 Å². The molecule has 1 N–H and O–H groups in total. The van der Waals surface area contributed by atoms with Gasteiger partial charge >= 0.3 is 0 Å². The quantitative estimate of drug-likeness (QED) is 0.566. The van der Waals surface area contributed by atoms with Gasteiger partial charge in [-0.3, -0.25) is 0 Å². The van der Waals surface area contributed by atoms with E-state index in [1.807, 2.05) is 0 Å². The summed E-state index contributed by atoms with van der Waals surface area (Å²) >= 11 is 0. The van der Waals surface area contributed by atoms with Crippen molar-refractivity contribution in [3.05, 3.63) is 0 Å². The van der Waals surface area contributed by atoms with Crippen LogP contribution in [0.1, 0.15) is 32.6 Å². The molecule has 0 aromatic carbocycles. The van der Waals surface area contributed by atoms with Crippen LogP contribution in [0.25, 0.3) is 0 Å². The molecule has 0 amide bonds. The van der Waals surface area contributed by atoms with Crippen LogP contribution in [0.3, 0.4) is 0 Å². The molecule has 0 heterocycles. The highest BCUT2D eigenvalue weighted by Crippen LogP contribution is 2.01. The monoisotopic (exact) mass is 130 g/mol. The molecule has 0 aromatic heterocycles. The van der Waals surface area contributed by atoms with Crippen LogP contribution in [-0.2, 0) is 4.79 Å². The molecule has 0 unspecified atom stereocenters. The Labute approximate surface area is 55.9 Å². The molecule has 0 fully saturated rings. The SMILES string of the molecule is CCCC[C@H](O)CC=O. The van der Waals surface area contributed by atoms with Crippen LogP contribution in [0.2, 0.25) is 0 Å². The van der Waals surface area contributed by atoms with E-state index < -0.39 is 6.10 Å². The normalized spacial score (nSPS) is 13.1. The molecule has 0 saturated carbocycles. The third-order valence-electron chi connectivity index (χ3n) is 1.26. The van der Waals surface area contributed by atoms with Gasteiger partial charge in [-0.15, -0.1) is 0 Å². The number of aldehydes is 1. The molecule has 0 aromatic rings. The fourth-order valence-corrected chi connectivity index (χ4v) is 0.669. The van der Waals surface area contributed by atoms with E-state index in [1.165, 1.54) is 0 Å². The predicted octanol–water partition coefficient (Wildman–Crippen LogP) is 1.13. The first kappa shape index (κ1) is 8.63. The minimum Gasteiger partial charge on any atom is -0.393 e. The Bertz CT molecular complexity index is 71.3. The van der Waals surface area contributed by atoms with Crippen molar-refractivity contribution < 1.29 is 9.90 Å². The summed E-state index contributed by atoms with van der Waals surface area (Å²) in [5.74, 6) is 0. The largest absolute Gasteiger partial charge is 0.393 e. The number of carbonyl (C=O) groups excluding carboxylic acids is 1. The molecule has 0 saturated heterocycles. The zero-order chi connectivity index (χ0) is 7.11. The van der Waals surface area contributed by atoms with Crippen molar-refractivity contribution in [2.24, 2.45) is 0 Å². The van der Waals surface area contributed by atoms with Crippen molar-refractivity contribution in [1.29, 1.82) is 0 Å². The minimum atomic E-state index is -0.401. The van der Waals surface area contributed by atoms with E-state index in [1.54, 1.807) is 0 Å². The van der Waals surface area contributed by atoms with E-state index in [0.717, 1.165) is 25.5 Å². The fourth-order valence-electron chi connectivity index (χ4n) is 0.669. The third kappa shape index (κ3) is 5.50. The van der Waals surface area contributed by atoms with Gasteiger partial charge in [0.05, 0.1) is 6.10 Å². The number of hydrogen-bond donors (Lipinski definition) is 1. The molecule has 0 aliphatic carbocycles. The summed E-state index contributed by atoms with van der Waals surface area (Å²) in [6, 6.07) is 0. The molecule has 2 nitrogen and oxygen atoms in total. The van der Waals surface area contributed by atoms with Gasteiger partial charge in [0.25, 0.3) is 0 Å². The van der Waals surface area contributed by atoms with E-state index in [0.29, 0.717) is 6.42 Å². The Hall–Kier alpha value is -0.370. The van der Waals surface area contributed by atoms with E-state index in [9.17, 15) is 4.79 Å². The first-order valence-corrected chi connectivity index (χ1v) is 3.43. The maximum absolute atomic E-state index is 9.82. The van der Waals surface area contributed by atoms with Gasteiger partial charge in [0, 0.05) is 6.42 Å².